The van der Waals surface area contributed by atoms with Crippen molar-refractivity contribution in [1.29, 1.82) is 0 Å². The number of hydrogen-bond acceptors (Lipinski definition) is 7. The highest BCUT2D eigenvalue weighted by Gasteiger charge is 2.35. The van der Waals surface area contributed by atoms with Crippen LogP contribution >= 0.6 is 0 Å². The van der Waals surface area contributed by atoms with E-state index in [0.717, 1.165) is 16.7 Å². The van der Waals surface area contributed by atoms with Gasteiger partial charge in [0, 0.05) is 37.8 Å². The molecule has 216 valence electrons. The number of carbonyl (C=O) groups excluding carboxylic acids is 2. The molecule has 4 aromatic rings. The van der Waals surface area contributed by atoms with Crippen molar-refractivity contribution < 1.29 is 19.1 Å². The van der Waals surface area contributed by atoms with E-state index in [1.807, 2.05) is 57.2 Å². The number of ether oxygens (including phenoxy) is 2. The Hall–Kier alpha value is -4.92. The van der Waals surface area contributed by atoms with Crippen LogP contribution in [0.5, 0.6) is 5.75 Å². The summed E-state index contributed by atoms with van der Waals surface area (Å²) >= 11 is 0. The Kier molecular flexibility index (Phi) is 8.10. The summed E-state index contributed by atoms with van der Waals surface area (Å²) in [6, 6.07) is 25.6. The van der Waals surface area contributed by atoms with Crippen LogP contribution in [0.4, 0.5) is 27.8 Å². The van der Waals surface area contributed by atoms with Gasteiger partial charge in [-0.1, -0.05) is 60.7 Å². The van der Waals surface area contributed by atoms with Crippen LogP contribution in [-0.4, -0.2) is 41.7 Å². The van der Waals surface area contributed by atoms with Crippen molar-refractivity contribution >= 4 is 35.0 Å². The van der Waals surface area contributed by atoms with Gasteiger partial charge >= 0.3 is 6.09 Å². The molecule has 0 radical (unpaired) electrons. The topological polar surface area (TPSA) is 88.1 Å². The summed E-state index contributed by atoms with van der Waals surface area (Å²) in [7, 11) is 3.17. The van der Waals surface area contributed by atoms with Crippen LogP contribution in [0.1, 0.15) is 37.5 Å². The van der Waals surface area contributed by atoms with E-state index in [1.54, 1.807) is 37.3 Å². The monoisotopic (exact) mass is 565 g/mol. The van der Waals surface area contributed by atoms with E-state index in [1.165, 1.54) is 11.2 Å². The van der Waals surface area contributed by atoms with Gasteiger partial charge in [0.05, 0.1) is 24.9 Å². The molecule has 42 heavy (non-hydrogen) atoms. The van der Waals surface area contributed by atoms with E-state index in [-0.39, 0.29) is 12.3 Å². The molecular weight excluding hydrogens is 530 g/mol. The Labute approximate surface area is 246 Å². The van der Waals surface area contributed by atoms with E-state index >= 15 is 0 Å². The Morgan fingerprint density at radius 2 is 1.55 bits per heavy atom. The molecule has 2 heterocycles. The molecule has 3 aromatic carbocycles. The van der Waals surface area contributed by atoms with E-state index < -0.39 is 11.7 Å². The summed E-state index contributed by atoms with van der Waals surface area (Å²) < 4.78 is 11.1. The van der Waals surface area contributed by atoms with Crippen LogP contribution in [0.2, 0.25) is 0 Å². The molecule has 1 aromatic heterocycles. The minimum atomic E-state index is -0.657. The summed E-state index contributed by atoms with van der Waals surface area (Å²) in [5.41, 5.74) is 3.40. The maximum Gasteiger partial charge on any atom is 0.414 e. The van der Waals surface area contributed by atoms with Crippen molar-refractivity contribution in [3.05, 3.63) is 102 Å². The largest absolute Gasteiger partial charge is 0.497 e. The maximum atomic E-state index is 13.6. The third-order valence-corrected chi connectivity index (χ3v) is 6.85. The first-order valence-electron chi connectivity index (χ1n) is 13.8. The highest BCUT2D eigenvalue weighted by molar-refractivity contribution is 6.08. The summed E-state index contributed by atoms with van der Waals surface area (Å²) in [5, 5.41) is 0. The van der Waals surface area contributed by atoms with Crippen LogP contribution in [-0.2, 0) is 29.0 Å². The Morgan fingerprint density at radius 1 is 0.929 bits per heavy atom. The molecule has 1 aliphatic rings. The molecule has 0 saturated carbocycles. The SMILES string of the molecule is COc1cc(N(C)C(=O)OC(C)(C)C)cc(N2C(=O)Cc3c(N(Cc4ccccc4)Cc4ccccc4)ncnc32)c1. The molecule has 0 N–H and O–H groups in total. The van der Waals surface area contributed by atoms with Gasteiger partial charge < -0.3 is 14.4 Å². The van der Waals surface area contributed by atoms with E-state index in [2.05, 4.69) is 39.1 Å². The normalized spacial score (nSPS) is 12.6. The van der Waals surface area contributed by atoms with Crippen molar-refractivity contribution in [3.8, 4) is 5.75 Å². The fourth-order valence-electron chi connectivity index (χ4n) is 4.89. The Morgan fingerprint density at radius 3 is 2.12 bits per heavy atom. The molecule has 0 saturated heterocycles. The predicted molar refractivity (Wildman–Crippen MR) is 163 cm³/mol. The lowest BCUT2D eigenvalue weighted by atomic mass is 10.1. The number of carbonyl (C=O) groups is 2. The van der Waals surface area contributed by atoms with Crippen LogP contribution in [0.3, 0.4) is 0 Å². The molecule has 0 bridgehead atoms. The minimum Gasteiger partial charge on any atom is -0.497 e. The number of methoxy groups -OCH3 is 1. The number of fused-ring (bicyclic) bond motifs is 1. The van der Waals surface area contributed by atoms with Crippen molar-refractivity contribution in [1.82, 2.24) is 9.97 Å². The van der Waals surface area contributed by atoms with Gasteiger partial charge in [-0.3, -0.25) is 14.6 Å². The van der Waals surface area contributed by atoms with Crippen molar-refractivity contribution in [2.45, 2.75) is 45.9 Å². The summed E-state index contributed by atoms with van der Waals surface area (Å²) in [4.78, 5) is 40.8. The predicted octanol–water partition coefficient (Wildman–Crippen LogP) is 6.28. The third-order valence-electron chi connectivity index (χ3n) is 6.85. The van der Waals surface area contributed by atoms with Crippen LogP contribution in [0.25, 0.3) is 0 Å². The second-order valence-corrected chi connectivity index (χ2v) is 11.2. The second kappa shape index (κ2) is 11.9. The number of hydrogen-bond donors (Lipinski definition) is 0. The van der Waals surface area contributed by atoms with E-state index in [9.17, 15) is 9.59 Å². The standard InChI is InChI=1S/C33H35N5O4/c1-33(2,3)42-32(40)36(4)25-16-26(18-27(17-25)41-5)38-29(39)19-28-30(34-22-35-31(28)38)37(20-23-12-8-6-9-13-23)21-24-14-10-7-11-15-24/h6-18,22H,19-21H2,1-5H3. The fourth-order valence-corrected chi connectivity index (χ4v) is 4.89. The molecule has 9 heteroatoms. The summed E-state index contributed by atoms with van der Waals surface area (Å²) in [6.45, 7) is 6.65. The van der Waals surface area contributed by atoms with E-state index in [0.29, 0.717) is 41.8 Å². The molecule has 2 amide bonds. The lowest BCUT2D eigenvalue weighted by molar-refractivity contribution is -0.116. The lowest BCUT2D eigenvalue weighted by Crippen LogP contribution is -2.34. The van der Waals surface area contributed by atoms with Crippen molar-refractivity contribution in [2.75, 3.05) is 28.9 Å². The summed E-state index contributed by atoms with van der Waals surface area (Å²) in [6.07, 6.45) is 1.12. The zero-order valence-corrected chi connectivity index (χ0v) is 24.6. The molecule has 0 aliphatic carbocycles. The summed E-state index contributed by atoms with van der Waals surface area (Å²) in [5.74, 6) is 1.56. The van der Waals surface area contributed by atoms with Crippen molar-refractivity contribution in [3.63, 3.8) is 0 Å². The molecule has 9 nitrogen and oxygen atoms in total. The Bertz CT molecular complexity index is 1530. The zero-order chi connectivity index (χ0) is 29.9. The van der Waals surface area contributed by atoms with Gasteiger partial charge in [0.25, 0.3) is 0 Å². The van der Waals surface area contributed by atoms with Gasteiger partial charge in [-0.2, -0.15) is 0 Å². The first kappa shape index (κ1) is 28.6. The second-order valence-electron chi connectivity index (χ2n) is 11.2. The lowest BCUT2D eigenvalue weighted by Gasteiger charge is -2.27. The number of aromatic nitrogens is 2. The third kappa shape index (κ3) is 6.35. The van der Waals surface area contributed by atoms with Crippen LogP contribution < -0.4 is 19.4 Å². The first-order chi connectivity index (χ1) is 20.1. The van der Waals surface area contributed by atoms with Crippen LogP contribution in [0, 0.1) is 0 Å². The van der Waals surface area contributed by atoms with Gasteiger partial charge in [-0.15, -0.1) is 0 Å². The smallest absolute Gasteiger partial charge is 0.414 e. The number of anilines is 4. The molecule has 0 unspecified atom stereocenters. The average molecular weight is 566 g/mol. The molecule has 0 fully saturated rings. The maximum absolute atomic E-state index is 13.6. The van der Waals surface area contributed by atoms with Gasteiger partial charge in [0.15, 0.2) is 0 Å². The number of nitrogens with zero attached hydrogens (tertiary/aromatic N) is 5. The molecular formula is C33H35N5O4. The van der Waals surface area contributed by atoms with Gasteiger partial charge in [-0.25, -0.2) is 14.8 Å². The van der Waals surface area contributed by atoms with Gasteiger partial charge in [0.2, 0.25) is 5.91 Å². The number of benzene rings is 3. The zero-order valence-electron chi connectivity index (χ0n) is 24.6. The molecule has 5 rings (SSSR count). The van der Waals surface area contributed by atoms with Gasteiger partial charge in [-0.05, 0) is 38.0 Å². The number of amides is 2. The molecule has 1 aliphatic heterocycles. The molecule has 0 spiro atoms. The highest BCUT2D eigenvalue weighted by atomic mass is 16.6. The highest BCUT2D eigenvalue weighted by Crippen LogP contribution is 2.41. The first-order valence-corrected chi connectivity index (χ1v) is 13.8. The number of rotatable bonds is 8. The van der Waals surface area contributed by atoms with Gasteiger partial charge in [0.1, 0.15) is 29.3 Å². The average Bonchev–Trinajstić information content (AvgIpc) is 3.32. The van der Waals surface area contributed by atoms with Crippen molar-refractivity contribution in [2.24, 2.45) is 0 Å². The van der Waals surface area contributed by atoms with Crippen LogP contribution in [0.15, 0.2) is 85.2 Å². The fraction of sp³-hybridized carbons (Fsp3) is 0.273. The quantitative estimate of drug-likeness (QED) is 0.248. The Balaban J connectivity index is 1.53. The molecule has 0 atom stereocenters. The minimum absolute atomic E-state index is 0.139. The van der Waals surface area contributed by atoms with E-state index in [4.69, 9.17) is 9.47 Å².